The Morgan fingerprint density at radius 1 is 0.844 bits per heavy atom. The number of hydrogen-bond acceptors (Lipinski definition) is 6. The Morgan fingerprint density at radius 3 is 2.28 bits per heavy atom. The van der Waals surface area contributed by atoms with E-state index in [1.807, 2.05) is 0 Å². The van der Waals surface area contributed by atoms with E-state index < -0.39 is 29.2 Å². The maximum absolute atomic E-state index is 12.9. The summed E-state index contributed by atoms with van der Waals surface area (Å²) in [5, 5.41) is 2.45. The molecule has 9 nitrogen and oxygen atoms in total. The standard InChI is InChI=1S/C22H13ClN4O5/c1-9-6-11(26-16(28)8-14-17(18(26)24)20(30)25-19(14)29)3-5-15(9)27-21(31)12-4-2-10(23)7-13(12)22(27)32/h2-8H,24H2,1H3,(H,25,29,30). The van der Waals surface area contributed by atoms with Gasteiger partial charge in [0, 0.05) is 11.1 Å². The van der Waals surface area contributed by atoms with Gasteiger partial charge in [0.2, 0.25) is 0 Å². The quantitative estimate of drug-likeness (QED) is 0.577. The van der Waals surface area contributed by atoms with Gasteiger partial charge in [-0.2, -0.15) is 0 Å². The normalized spacial score (nSPS) is 14.6. The predicted molar refractivity (Wildman–Crippen MR) is 116 cm³/mol. The second-order valence-corrected chi connectivity index (χ2v) is 7.82. The van der Waals surface area contributed by atoms with Crippen molar-refractivity contribution in [3.8, 4) is 5.69 Å². The Morgan fingerprint density at radius 2 is 1.56 bits per heavy atom. The number of benzene rings is 2. The van der Waals surface area contributed by atoms with Crippen LogP contribution in [-0.4, -0.2) is 28.2 Å². The minimum atomic E-state index is -0.686. The molecule has 2 aliphatic rings. The summed E-state index contributed by atoms with van der Waals surface area (Å²) in [5.41, 5.74) is 6.91. The van der Waals surface area contributed by atoms with Gasteiger partial charge in [0.05, 0.1) is 33.6 Å². The molecule has 2 aromatic carbocycles. The van der Waals surface area contributed by atoms with Gasteiger partial charge in [0.15, 0.2) is 0 Å². The lowest BCUT2D eigenvalue weighted by Crippen LogP contribution is -2.30. The molecule has 1 aromatic heterocycles. The fraction of sp³-hybridized carbons (Fsp3) is 0.0455. The van der Waals surface area contributed by atoms with Crippen LogP contribution in [-0.2, 0) is 0 Å². The number of carbonyl (C=O) groups excluding carboxylic acids is 4. The van der Waals surface area contributed by atoms with Crippen molar-refractivity contribution in [2.75, 3.05) is 10.6 Å². The van der Waals surface area contributed by atoms with E-state index in [0.717, 1.165) is 15.5 Å². The molecule has 10 heteroatoms. The SMILES string of the molecule is Cc1cc(-n2c(N)c3c(cc2=O)C(=O)NC3=O)ccc1N1C(=O)c2ccc(Cl)cc2C1=O. The molecule has 3 heterocycles. The third kappa shape index (κ3) is 2.61. The van der Waals surface area contributed by atoms with Gasteiger partial charge in [0.25, 0.3) is 29.2 Å². The number of imide groups is 2. The predicted octanol–water partition coefficient (Wildman–Crippen LogP) is 2.07. The molecule has 0 atom stereocenters. The van der Waals surface area contributed by atoms with Crippen molar-refractivity contribution in [1.82, 2.24) is 9.88 Å². The molecule has 0 spiro atoms. The van der Waals surface area contributed by atoms with E-state index in [9.17, 15) is 24.0 Å². The van der Waals surface area contributed by atoms with Crippen LogP contribution in [0.4, 0.5) is 11.5 Å². The third-order valence-corrected chi connectivity index (χ3v) is 5.72. The number of carbonyl (C=O) groups is 4. The van der Waals surface area contributed by atoms with Crippen molar-refractivity contribution in [1.29, 1.82) is 0 Å². The number of halogens is 1. The summed E-state index contributed by atoms with van der Waals surface area (Å²) < 4.78 is 1.09. The van der Waals surface area contributed by atoms with E-state index in [4.69, 9.17) is 17.3 Å². The zero-order valence-corrected chi connectivity index (χ0v) is 17.2. The van der Waals surface area contributed by atoms with Crippen molar-refractivity contribution in [3.05, 3.63) is 85.7 Å². The first-order chi connectivity index (χ1) is 15.2. The van der Waals surface area contributed by atoms with Crippen LogP contribution < -0.4 is 21.5 Å². The highest BCUT2D eigenvalue weighted by molar-refractivity contribution is 6.37. The number of fused-ring (bicyclic) bond motifs is 2. The topological polar surface area (TPSA) is 132 Å². The molecule has 0 bridgehead atoms. The Bertz CT molecular complexity index is 1490. The average Bonchev–Trinajstić information content (AvgIpc) is 3.15. The number of nitrogens with one attached hydrogen (secondary N) is 1. The number of nitrogens with two attached hydrogens (primary N) is 1. The summed E-state index contributed by atoms with van der Waals surface area (Å²) in [7, 11) is 0. The minimum absolute atomic E-state index is 0.0754. The number of pyridine rings is 1. The number of anilines is 2. The maximum atomic E-state index is 12.9. The fourth-order valence-electron chi connectivity index (χ4n) is 4.01. The van der Waals surface area contributed by atoms with Gasteiger partial charge in [-0.05, 0) is 48.9 Å². The van der Waals surface area contributed by atoms with Gasteiger partial charge in [0.1, 0.15) is 5.82 Å². The van der Waals surface area contributed by atoms with E-state index in [1.54, 1.807) is 13.0 Å². The Labute approximate surface area is 185 Å². The molecular formula is C22H13ClN4O5. The molecule has 0 saturated heterocycles. The molecule has 158 valence electrons. The summed E-state index contributed by atoms with van der Waals surface area (Å²) in [6.07, 6.45) is 0. The van der Waals surface area contributed by atoms with Crippen LogP contribution in [0.1, 0.15) is 47.0 Å². The maximum Gasteiger partial charge on any atom is 0.266 e. The Kier molecular flexibility index (Phi) is 4.08. The number of aryl methyl sites for hydroxylation is 1. The molecule has 32 heavy (non-hydrogen) atoms. The van der Waals surface area contributed by atoms with Crippen LogP contribution in [0.3, 0.4) is 0 Å². The molecule has 3 aromatic rings. The van der Waals surface area contributed by atoms with Gasteiger partial charge in [-0.25, -0.2) is 4.90 Å². The molecule has 0 radical (unpaired) electrons. The Hall–Kier alpha value is -4.24. The number of hydrogen-bond donors (Lipinski definition) is 2. The first kappa shape index (κ1) is 19.7. The molecule has 3 N–H and O–H groups in total. The van der Waals surface area contributed by atoms with Crippen molar-refractivity contribution >= 4 is 46.7 Å². The largest absolute Gasteiger partial charge is 0.384 e. The second-order valence-electron chi connectivity index (χ2n) is 7.38. The zero-order chi connectivity index (χ0) is 22.9. The van der Waals surface area contributed by atoms with E-state index in [-0.39, 0.29) is 28.1 Å². The molecule has 0 fully saturated rings. The highest BCUT2D eigenvalue weighted by Crippen LogP contribution is 2.33. The number of aromatic nitrogens is 1. The van der Waals surface area contributed by atoms with Gasteiger partial charge in [-0.15, -0.1) is 0 Å². The summed E-state index contributed by atoms with van der Waals surface area (Å²) in [6, 6.07) is 10.1. The van der Waals surface area contributed by atoms with Crippen LogP contribution in [0.25, 0.3) is 5.69 Å². The minimum Gasteiger partial charge on any atom is -0.384 e. The first-order valence-electron chi connectivity index (χ1n) is 9.39. The van der Waals surface area contributed by atoms with Crippen molar-refractivity contribution in [2.45, 2.75) is 6.92 Å². The molecule has 4 amide bonds. The summed E-state index contributed by atoms with van der Waals surface area (Å²) in [6.45, 7) is 1.67. The van der Waals surface area contributed by atoms with Gasteiger partial charge < -0.3 is 5.73 Å². The lowest BCUT2D eigenvalue weighted by atomic mass is 10.1. The molecule has 2 aliphatic heterocycles. The second kappa shape index (κ2) is 6.63. The Balaban J connectivity index is 1.61. The van der Waals surface area contributed by atoms with E-state index in [1.165, 1.54) is 30.3 Å². The summed E-state index contributed by atoms with van der Waals surface area (Å²) >= 11 is 5.96. The molecular weight excluding hydrogens is 436 g/mol. The summed E-state index contributed by atoms with van der Waals surface area (Å²) in [4.78, 5) is 63.3. The molecule has 0 saturated carbocycles. The fourth-order valence-corrected chi connectivity index (χ4v) is 4.18. The van der Waals surface area contributed by atoms with E-state index in [0.29, 0.717) is 22.0 Å². The lowest BCUT2D eigenvalue weighted by molar-refractivity contribution is 0.0874. The van der Waals surface area contributed by atoms with Crippen molar-refractivity contribution in [3.63, 3.8) is 0 Å². The van der Waals surface area contributed by atoms with Gasteiger partial charge in [-0.1, -0.05) is 11.6 Å². The van der Waals surface area contributed by atoms with Crippen molar-refractivity contribution in [2.24, 2.45) is 0 Å². The highest BCUT2D eigenvalue weighted by atomic mass is 35.5. The smallest absolute Gasteiger partial charge is 0.266 e. The van der Waals surface area contributed by atoms with Crippen LogP contribution in [0.5, 0.6) is 0 Å². The molecule has 0 unspecified atom stereocenters. The average molecular weight is 449 g/mol. The number of nitrogen functional groups attached to an aromatic ring is 1. The van der Waals surface area contributed by atoms with Gasteiger partial charge >= 0.3 is 0 Å². The van der Waals surface area contributed by atoms with Crippen molar-refractivity contribution < 1.29 is 19.2 Å². The van der Waals surface area contributed by atoms with Crippen LogP contribution in [0.15, 0.2) is 47.3 Å². The zero-order valence-electron chi connectivity index (χ0n) is 16.4. The monoisotopic (exact) mass is 448 g/mol. The van der Waals surface area contributed by atoms with Crippen LogP contribution in [0, 0.1) is 6.92 Å². The van der Waals surface area contributed by atoms with Gasteiger partial charge in [-0.3, -0.25) is 33.9 Å². The van der Waals surface area contributed by atoms with E-state index in [2.05, 4.69) is 5.32 Å². The summed E-state index contributed by atoms with van der Waals surface area (Å²) in [5.74, 6) is -2.54. The first-order valence-corrected chi connectivity index (χ1v) is 9.77. The van der Waals surface area contributed by atoms with Crippen LogP contribution in [0.2, 0.25) is 5.02 Å². The van der Waals surface area contributed by atoms with E-state index >= 15 is 0 Å². The lowest BCUT2D eigenvalue weighted by Gasteiger charge is -2.19. The molecule has 0 aliphatic carbocycles. The third-order valence-electron chi connectivity index (χ3n) is 5.48. The van der Waals surface area contributed by atoms with Crippen LogP contribution >= 0.6 is 11.6 Å². The highest BCUT2D eigenvalue weighted by Gasteiger charge is 2.37. The number of rotatable bonds is 2. The number of amides is 4. The molecule has 5 rings (SSSR count). The number of nitrogens with zero attached hydrogens (tertiary/aromatic N) is 2.